The predicted octanol–water partition coefficient (Wildman–Crippen LogP) is 2.68. The van der Waals surface area contributed by atoms with Crippen LogP contribution in [-0.4, -0.2) is 32.8 Å². The van der Waals surface area contributed by atoms with Crippen molar-refractivity contribution in [2.24, 2.45) is 4.99 Å². The fraction of sp³-hybridized carbons (Fsp3) is 0.438. The normalized spacial score (nSPS) is 15.1. The van der Waals surface area contributed by atoms with Gasteiger partial charge in [-0.15, -0.1) is 0 Å². The van der Waals surface area contributed by atoms with Crippen molar-refractivity contribution in [2.45, 2.75) is 32.0 Å². The third kappa shape index (κ3) is 5.12. The SMILES string of the molecule is CN=C(NCc1ccc(OC)cc1OC(F)F)NC1CC=CC1. The van der Waals surface area contributed by atoms with Crippen molar-refractivity contribution in [3.8, 4) is 11.5 Å². The second-order valence-electron chi connectivity index (χ2n) is 5.06. The maximum Gasteiger partial charge on any atom is 0.387 e. The van der Waals surface area contributed by atoms with Gasteiger partial charge < -0.3 is 20.1 Å². The van der Waals surface area contributed by atoms with Crippen molar-refractivity contribution in [3.63, 3.8) is 0 Å². The van der Waals surface area contributed by atoms with Crippen molar-refractivity contribution >= 4 is 5.96 Å². The van der Waals surface area contributed by atoms with Crippen molar-refractivity contribution in [3.05, 3.63) is 35.9 Å². The Hall–Kier alpha value is -2.31. The Labute approximate surface area is 134 Å². The van der Waals surface area contributed by atoms with E-state index < -0.39 is 6.61 Å². The molecule has 1 aromatic rings. The molecule has 0 spiro atoms. The lowest BCUT2D eigenvalue weighted by atomic mass is 10.2. The van der Waals surface area contributed by atoms with Gasteiger partial charge in [0, 0.05) is 31.3 Å². The minimum atomic E-state index is -2.89. The van der Waals surface area contributed by atoms with Crippen molar-refractivity contribution in [1.82, 2.24) is 10.6 Å². The molecule has 5 nitrogen and oxygen atoms in total. The first-order valence-electron chi connectivity index (χ1n) is 7.36. The summed E-state index contributed by atoms with van der Waals surface area (Å²) in [5.41, 5.74) is 0.596. The second-order valence-corrected chi connectivity index (χ2v) is 5.06. The third-order valence-electron chi connectivity index (χ3n) is 3.51. The van der Waals surface area contributed by atoms with Crippen LogP contribution in [0.5, 0.6) is 11.5 Å². The molecule has 0 atom stereocenters. The summed E-state index contributed by atoms with van der Waals surface area (Å²) in [7, 11) is 3.14. The average molecular weight is 325 g/mol. The molecule has 7 heteroatoms. The van der Waals surface area contributed by atoms with Crippen LogP contribution in [0.4, 0.5) is 8.78 Å². The molecule has 0 aliphatic heterocycles. The summed E-state index contributed by atoms with van der Waals surface area (Å²) < 4.78 is 34.7. The summed E-state index contributed by atoms with van der Waals surface area (Å²) in [6, 6.07) is 5.15. The largest absolute Gasteiger partial charge is 0.497 e. The molecule has 0 aromatic heterocycles. The first-order valence-corrected chi connectivity index (χ1v) is 7.36. The molecule has 0 saturated heterocycles. The fourth-order valence-electron chi connectivity index (χ4n) is 2.32. The third-order valence-corrected chi connectivity index (χ3v) is 3.51. The highest BCUT2D eigenvalue weighted by atomic mass is 19.3. The maximum absolute atomic E-state index is 12.5. The van der Waals surface area contributed by atoms with Crippen LogP contribution >= 0.6 is 0 Å². The van der Waals surface area contributed by atoms with Crippen molar-refractivity contribution < 1.29 is 18.3 Å². The van der Waals surface area contributed by atoms with E-state index in [2.05, 4.69) is 32.5 Å². The summed E-state index contributed by atoms with van der Waals surface area (Å²) in [5.74, 6) is 1.17. The molecule has 0 bridgehead atoms. The molecule has 23 heavy (non-hydrogen) atoms. The molecule has 1 aliphatic rings. The Morgan fingerprint density at radius 1 is 1.35 bits per heavy atom. The van der Waals surface area contributed by atoms with Crippen LogP contribution in [0.15, 0.2) is 35.3 Å². The Morgan fingerprint density at radius 2 is 2.09 bits per heavy atom. The van der Waals surface area contributed by atoms with Gasteiger partial charge in [0.05, 0.1) is 7.11 Å². The first kappa shape index (κ1) is 17.1. The zero-order valence-corrected chi connectivity index (χ0v) is 13.2. The van der Waals surface area contributed by atoms with Crippen LogP contribution in [0.1, 0.15) is 18.4 Å². The summed E-state index contributed by atoms with van der Waals surface area (Å²) in [4.78, 5) is 4.14. The van der Waals surface area contributed by atoms with E-state index in [1.807, 2.05) is 0 Å². The fourth-order valence-corrected chi connectivity index (χ4v) is 2.32. The van der Waals surface area contributed by atoms with Crippen LogP contribution in [0.2, 0.25) is 0 Å². The number of nitrogens with zero attached hydrogens (tertiary/aromatic N) is 1. The molecule has 0 heterocycles. The Bertz CT molecular complexity index is 568. The van der Waals surface area contributed by atoms with Gasteiger partial charge in [-0.05, 0) is 25.0 Å². The molecule has 0 radical (unpaired) electrons. The van der Waals surface area contributed by atoms with Crippen LogP contribution in [0.3, 0.4) is 0 Å². The minimum Gasteiger partial charge on any atom is -0.497 e. The topological polar surface area (TPSA) is 54.9 Å². The number of nitrogens with one attached hydrogen (secondary N) is 2. The molecule has 1 aromatic carbocycles. The lowest BCUT2D eigenvalue weighted by Gasteiger charge is -2.18. The molecule has 2 rings (SSSR count). The van der Waals surface area contributed by atoms with Gasteiger partial charge in [0.2, 0.25) is 0 Å². The predicted molar refractivity (Wildman–Crippen MR) is 85.1 cm³/mol. The van der Waals surface area contributed by atoms with Gasteiger partial charge in [0.15, 0.2) is 5.96 Å². The second kappa shape index (κ2) is 8.36. The van der Waals surface area contributed by atoms with Gasteiger partial charge >= 0.3 is 6.61 Å². The molecule has 126 valence electrons. The number of ether oxygens (including phenoxy) is 2. The summed E-state index contributed by atoms with van der Waals surface area (Å²) >= 11 is 0. The van der Waals surface area contributed by atoms with E-state index in [1.54, 1.807) is 19.2 Å². The summed E-state index contributed by atoms with van der Waals surface area (Å²) in [6.45, 7) is -2.57. The molecular formula is C16H21F2N3O2. The maximum atomic E-state index is 12.5. The van der Waals surface area contributed by atoms with E-state index in [-0.39, 0.29) is 5.75 Å². The Morgan fingerprint density at radius 3 is 2.70 bits per heavy atom. The van der Waals surface area contributed by atoms with Gasteiger partial charge in [-0.1, -0.05) is 12.2 Å². The molecule has 2 N–H and O–H groups in total. The number of hydrogen-bond acceptors (Lipinski definition) is 3. The van der Waals surface area contributed by atoms with E-state index >= 15 is 0 Å². The summed E-state index contributed by atoms with van der Waals surface area (Å²) in [6.07, 6.45) is 6.12. The van der Waals surface area contributed by atoms with E-state index in [0.29, 0.717) is 29.9 Å². The Balaban J connectivity index is 2.00. The molecular weight excluding hydrogens is 304 g/mol. The van der Waals surface area contributed by atoms with Crippen molar-refractivity contribution in [2.75, 3.05) is 14.2 Å². The van der Waals surface area contributed by atoms with Crippen LogP contribution < -0.4 is 20.1 Å². The van der Waals surface area contributed by atoms with Crippen molar-refractivity contribution in [1.29, 1.82) is 0 Å². The highest BCUT2D eigenvalue weighted by Gasteiger charge is 2.14. The van der Waals surface area contributed by atoms with Gasteiger partial charge in [0.1, 0.15) is 11.5 Å². The number of methoxy groups -OCH3 is 1. The van der Waals surface area contributed by atoms with Crippen LogP contribution in [0.25, 0.3) is 0 Å². The van der Waals surface area contributed by atoms with Crippen LogP contribution in [-0.2, 0) is 6.54 Å². The van der Waals surface area contributed by atoms with E-state index in [1.165, 1.54) is 13.2 Å². The lowest BCUT2D eigenvalue weighted by molar-refractivity contribution is -0.0505. The number of rotatable bonds is 6. The molecule has 0 fully saturated rings. The van der Waals surface area contributed by atoms with Gasteiger partial charge in [0.25, 0.3) is 0 Å². The van der Waals surface area contributed by atoms with E-state index in [9.17, 15) is 8.78 Å². The van der Waals surface area contributed by atoms with E-state index in [0.717, 1.165) is 12.8 Å². The average Bonchev–Trinajstić information content (AvgIpc) is 3.04. The van der Waals surface area contributed by atoms with Crippen LogP contribution in [0, 0.1) is 0 Å². The first-order chi connectivity index (χ1) is 11.1. The zero-order valence-electron chi connectivity index (χ0n) is 13.2. The zero-order chi connectivity index (χ0) is 16.7. The minimum absolute atomic E-state index is 0.0878. The molecule has 0 saturated carbocycles. The van der Waals surface area contributed by atoms with Gasteiger partial charge in [-0.3, -0.25) is 4.99 Å². The highest BCUT2D eigenvalue weighted by molar-refractivity contribution is 5.80. The van der Waals surface area contributed by atoms with Gasteiger partial charge in [-0.25, -0.2) is 0 Å². The smallest absolute Gasteiger partial charge is 0.387 e. The number of guanidine groups is 1. The summed E-state index contributed by atoms with van der Waals surface area (Å²) in [5, 5.41) is 6.39. The number of aliphatic imine (C=N–C) groups is 1. The monoisotopic (exact) mass is 325 g/mol. The lowest BCUT2D eigenvalue weighted by Crippen LogP contribution is -2.42. The molecule has 0 amide bonds. The number of halogens is 2. The number of hydrogen-bond donors (Lipinski definition) is 2. The molecule has 0 unspecified atom stereocenters. The quantitative estimate of drug-likeness (QED) is 0.480. The van der Waals surface area contributed by atoms with Gasteiger partial charge in [-0.2, -0.15) is 8.78 Å². The number of benzene rings is 1. The molecule has 1 aliphatic carbocycles. The number of alkyl halides is 2. The Kier molecular flexibility index (Phi) is 6.19. The standard InChI is InChI=1S/C16H21F2N3O2/c1-19-16(21-12-5-3-4-6-12)20-10-11-7-8-13(22-2)9-14(11)23-15(17)18/h3-4,7-9,12,15H,5-6,10H2,1-2H3,(H2,19,20,21). The highest BCUT2D eigenvalue weighted by Crippen LogP contribution is 2.26. The van der Waals surface area contributed by atoms with E-state index in [4.69, 9.17) is 4.74 Å².